The van der Waals surface area contributed by atoms with Crippen molar-refractivity contribution in [2.75, 3.05) is 0 Å². The molecule has 3 rings (SSSR count). The van der Waals surface area contributed by atoms with Crippen LogP contribution >= 0.6 is 0 Å². The normalized spacial score (nSPS) is 15.3. The van der Waals surface area contributed by atoms with Gasteiger partial charge in [-0.3, -0.25) is 4.79 Å². The van der Waals surface area contributed by atoms with Crippen molar-refractivity contribution in [3.8, 4) is 0 Å². The zero-order chi connectivity index (χ0) is 15.9. The number of rotatable bonds is 5. The number of carbonyl (C=O) groups is 1. The summed E-state index contributed by atoms with van der Waals surface area (Å²) in [5.74, 6) is 0.550. The largest absolute Gasteiger partial charge is 0.334 e. The Morgan fingerprint density at radius 3 is 1.74 bits per heavy atom. The number of amides is 1. The molecule has 0 radical (unpaired) electrons. The van der Waals surface area contributed by atoms with Gasteiger partial charge in [-0.05, 0) is 24.0 Å². The molecule has 2 aromatic carbocycles. The Bertz CT molecular complexity index is 561. The standard InChI is InChI=1S/C21H25NO/c23-21(20-14-8-3-9-15-20)22(16-18-10-4-1-5-11-18)17-19-12-6-2-7-13-19/h1-2,4-7,10-13,20H,3,8-9,14-17H2. The minimum absolute atomic E-state index is 0.219. The molecule has 0 atom stereocenters. The Balaban J connectivity index is 1.76. The Morgan fingerprint density at radius 2 is 1.26 bits per heavy atom. The summed E-state index contributed by atoms with van der Waals surface area (Å²) in [7, 11) is 0. The third-order valence-electron chi connectivity index (χ3n) is 4.70. The lowest BCUT2D eigenvalue weighted by Crippen LogP contribution is -2.36. The Hall–Kier alpha value is -2.09. The number of carbonyl (C=O) groups excluding carboxylic acids is 1. The van der Waals surface area contributed by atoms with Crippen molar-refractivity contribution in [3.05, 3.63) is 71.8 Å². The Kier molecular flexibility index (Phi) is 5.46. The zero-order valence-electron chi connectivity index (χ0n) is 13.7. The highest BCUT2D eigenvalue weighted by molar-refractivity contribution is 5.79. The fraction of sp³-hybridized carbons (Fsp3) is 0.381. The topological polar surface area (TPSA) is 20.3 Å². The van der Waals surface area contributed by atoms with Crippen LogP contribution in [0.25, 0.3) is 0 Å². The summed E-state index contributed by atoms with van der Waals surface area (Å²) >= 11 is 0. The molecular weight excluding hydrogens is 282 g/mol. The molecule has 0 saturated heterocycles. The van der Waals surface area contributed by atoms with Crippen molar-refractivity contribution in [2.45, 2.75) is 45.2 Å². The monoisotopic (exact) mass is 307 g/mol. The van der Waals surface area contributed by atoms with Gasteiger partial charge in [0.2, 0.25) is 5.91 Å². The van der Waals surface area contributed by atoms with E-state index in [-0.39, 0.29) is 5.92 Å². The van der Waals surface area contributed by atoms with Crippen molar-refractivity contribution in [1.29, 1.82) is 0 Å². The van der Waals surface area contributed by atoms with E-state index in [4.69, 9.17) is 0 Å². The van der Waals surface area contributed by atoms with Crippen molar-refractivity contribution in [2.24, 2.45) is 5.92 Å². The van der Waals surface area contributed by atoms with E-state index in [1.807, 2.05) is 41.3 Å². The van der Waals surface area contributed by atoms with Crippen LogP contribution in [-0.4, -0.2) is 10.8 Å². The minimum atomic E-state index is 0.219. The predicted octanol–water partition coefficient (Wildman–Crippen LogP) is 4.80. The van der Waals surface area contributed by atoms with Gasteiger partial charge in [0.1, 0.15) is 0 Å². The second-order valence-electron chi connectivity index (χ2n) is 6.50. The summed E-state index contributed by atoms with van der Waals surface area (Å²) in [4.78, 5) is 15.1. The molecule has 1 saturated carbocycles. The summed E-state index contributed by atoms with van der Waals surface area (Å²) in [5.41, 5.74) is 2.40. The second kappa shape index (κ2) is 7.96. The van der Waals surface area contributed by atoms with Crippen LogP contribution < -0.4 is 0 Å². The molecule has 0 heterocycles. The van der Waals surface area contributed by atoms with Crippen LogP contribution in [0, 0.1) is 5.92 Å². The van der Waals surface area contributed by atoms with E-state index in [9.17, 15) is 4.79 Å². The molecule has 1 amide bonds. The van der Waals surface area contributed by atoms with Crippen molar-refractivity contribution in [1.82, 2.24) is 4.90 Å². The van der Waals surface area contributed by atoms with E-state index in [1.165, 1.54) is 30.4 Å². The quantitative estimate of drug-likeness (QED) is 0.777. The number of nitrogens with zero attached hydrogens (tertiary/aromatic N) is 1. The van der Waals surface area contributed by atoms with Gasteiger partial charge in [0, 0.05) is 19.0 Å². The fourth-order valence-corrected chi connectivity index (χ4v) is 3.43. The van der Waals surface area contributed by atoms with Gasteiger partial charge in [0.15, 0.2) is 0 Å². The van der Waals surface area contributed by atoms with Gasteiger partial charge in [0.05, 0.1) is 0 Å². The van der Waals surface area contributed by atoms with E-state index in [0.717, 1.165) is 12.8 Å². The van der Waals surface area contributed by atoms with Crippen LogP contribution in [0.2, 0.25) is 0 Å². The first-order chi connectivity index (χ1) is 11.3. The summed E-state index contributed by atoms with van der Waals surface area (Å²) in [5, 5.41) is 0. The summed E-state index contributed by atoms with van der Waals surface area (Å²) in [6.45, 7) is 1.40. The molecule has 0 spiro atoms. The van der Waals surface area contributed by atoms with E-state index >= 15 is 0 Å². The van der Waals surface area contributed by atoms with Gasteiger partial charge in [-0.1, -0.05) is 79.9 Å². The lowest BCUT2D eigenvalue weighted by molar-refractivity contribution is -0.137. The van der Waals surface area contributed by atoms with Crippen LogP contribution in [0.1, 0.15) is 43.2 Å². The molecule has 2 nitrogen and oxygen atoms in total. The minimum Gasteiger partial charge on any atom is -0.334 e. The van der Waals surface area contributed by atoms with Crippen LogP contribution in [0.15, 0.2) is 60.7 Å². The molecular formula is C21H25NO. The fourth-order valence-electron chi connectivity index (χ4n) is 3.43. The van der Waals surface area contributed by atoms with Gasteiger partial charge in [-0.15, -0.1) is 0 Å². The molecule has 0 aliphatic heterocycles. The maximum absolute atomic E-state index is 13.0. The molecule has 1 aliphatic carbocycles. The summed E-state index contributed by atoms with van der Waals surface area (Å²) in [6.07, 6.45) is 5.78. The average Bonchev–Trinajstić information content (AvgIpc) is 2.63. The third kappa shape index (κ3) is 4.44. The summed E-state index contributed by atoms with van der Waals surface area (Å²) < 4.78 is 0. The number of hydrogen-bond donors (Lipinski definition) is 0. The van der Waals surface area contributed by atoms with Crippen molar-refractivity contribution in [3.63, 3.8) is 0 Å². The first-order valence-electron chi connectivity index (χ1n) is 8.69. The predicted molar refractivity (Wildman–Crippen MR) is 93.7 cm³/mol. The number of benzene rings is 2. The van der Waals surface area contributed by atoms with Gasteiger partial charge in [0.25, 0.3) is 0 Å². The van der Waals surface area contributed by atoms with E-state index in [0.29, 0.717) is 19.0 Å². The Labute approximate surface area is 139 Å². The second-order valence-corrected chi connectivity index (χ2v) is 6.50. The molecule has 0 bridgehead atoms. The molecule has 120 valence electrons. The average molecular weight is 307 g/mol. The van der Waals surface area contributed by atoms with E-state index < -0.39 is 0 Å². The first-order valence-corrected chi connectivity index (χ1v) is 8.69. The van der Waals surface area contributed by atoms with Crippen LogP contribution in [0.3, 0.4) is 0 Å². The lowest BCUT2D eigenvalue weighted by atomic mass is 9.88. The van der Waals surface area contributed by atoms with Gasteiger partial charge in [-0.2, -0.15) is 0 Å². The third-order valence-corrected chi connectivity index (χ3v) is 4.70. The Morgan fingerprint density at radius 1 is 0.783 bits per heavy atom. The van der Waals surface area contributed by atoms with E-state index in [1.54, 1.807) is 0 Å². The van der Waals surface area contributed by atoms with Crippen molar-refractivity contribution >= 4 is 5.91 Å². The molecule has 0 N–H and O–H groups in total. The van der Waals surface area contributed by atoms with Gasteiger partial charge >= 0.3 is 0 Å². The van der Waals surface area contributed by atoms with Gasteiger partial charge < -0.3 is 4.90 Å². The number of hydrogen-bond acceptors (Lipinski definition) is 1. The molecule has 2 aromatic rings. The smallest absolute Gasteiger partial charge is 0.226 e. The van der Waals surface area contributed by atoms with Crippen LogP contribution in [-0.2, 0) is 17.9 Å². The van der Waals surface area contributed by atoms with Crippen LogP contribution in [0.4, 0.5) is 0 Å². The lowest BCUT2D eigenvalue weighted by Gasteiger charge is -2.29. The molecule has 1 aliphatic rings. The molecule has 0 aromatic heterocycles. The zero-order valence-corrected chi connectivity index (χ0v) is 13.7. The maximum atomic E-state index is 13.0. The highest BCUT2D eigenvalue weighted by atomic mass is 16.2. The highest BCUT2D eigenvalue weighted by Gasteiger charge is 2.26. The van der Waals surface area contributed by atoms with Crippen LogP contribution in [0.5, 0.6) is 0 Å². The SMILES string of the molecule is O=C(C1CCCCC1)N(Cc1ccccc1)Cc1ccccc1. The van der Waals surface area contributed by atoms with E-state index in [2.05, 4.69) is 24.3 Å². The molecule has 1 fully saturated rings. The summed E-state index contributed by atoms with van der Waals surface area (Å²) in [6, 6.07) is 20.6. The molecule has 2 heteroatoms. The van der Waals surface area contributed by atoms with Gasteiger partial charge in [-0.25, -0.2) is 0 Å². The molecule has 0 unspecified atom stereocenters. The maximum Gasteiger partial charge on any atom is 0.226 e. The first kappa shape index (κ1) is 15.8. The highest BCUT2D eigenvalue weighted by Crippen LogP contribution is 2.26. The van der Waals surface area contributed by atoms with Crippen molar-refractivity contribution < 1.29 is 4.79 Å². The molecule has 23 heavy (non-hydrogen) atoms.